The predicted octanol–water partition coefficient (Wildman–Crippen LogP) is 4.40. The Hall–Kier alpha value is -2.97. The van der Waals surface area contributed by atoms with Crippen molar-refractivity contribution in [1.82, 2.24) is 14.5 Å². The predicted molar refractivity (Wildman–Crippen MR) is 120 cm³/mol. The number of nitrogens with zero attached hydrogens (tertiary/aromatic N) is 3. The molecule has 1 atom stereocenters. The first-order valence-corrected chi connectivity index (χ1v) is 10.2. The highest BCUT2D eigenvalue weighted by Gasteiger charge is 2.45. The highest BCUT2D eigenvalue weighted by molar-refractivity contribution is 6.42. The molecule has 3 aromatic rings. The molecular weight excluding hydrogens is 461 g/mol. The van der Waals surface area contributed by atoms with E-state index in [-0.39, 0.29) is 46.0 Å². The van der Waals surface area contributed by atoms with Gasteiger partial charge in [-0.05, 0) is 36.8 Å². The van der Waals surface area contributed by atoms with Crippen LogP contribution in [0.4, 0.5) is 14.5 Å². The molecule has 1 aliphatic heterocycles. The molecule has 4 rings (SSSR count). The Morgan fingerprint density at radius 1 is 1.34 bits per heavy atom. The lowest BCUT2D eigenvalue weighted by Crippen LogP contribution is -2.41. The van der Waals surface area contributed by atoms with E-state index >= 15 is 4.39 Å². The molecule has 0 radical (unpaired) electrons. The summed E-state index contributed by atoms with van der Waals surface area (Å²) in [5.41, 5.74) is -1.63. The lowest BCUT2D eigenvalue weighted by atomic mass is 9.87. The molecule has 2 aromatic carbocycles. The number of rotatable bonds is 4. The minimum Gasteiger partial charge on any atom is -0.374 e. The molecule has 1 amide bonds. The fourth-order valence-corrected chi connectivity index (χ4v) is 4.46. The number of aryl methyl sites for hydroxylation is 1. The van der Waals surface area contributed by atoms with Crippen LogP contribution in [0.25, 0.3) is 10.9 Å². The van der Waals surface area contributed by atoms with Gasteiger partial charge in [-0.25, -0.2) is 13.8 Å². The standard InChI is InChI=1S/C22H18Cl2F2N4O2/c1-12(25)20(31)30-8-7-22(10-30,18-16(26)5-4-15(23)19(18)24)28-13-3-6-17-14(9-13)21(32)29(2)11-27-17/h3-6,9,11,28H,1,7-8,10H2,2H3/t22-/m0/s1/i2D3. The number of nitrogens with one attached hydrogen (secondary N) is 1. The summed E-state index contributed by atoms with van der Waals surface area (Å²) in [6, 6.07) is 6.85. The molecule has 0 bridgehead atoms. The van der Waals surface area contributed by atoms with Gasteiger partial charge < -0.3 is 14.8 Å². The van der Waals surface area contributed by atoms with Gasteiger partial charge in [0, 0.05) is 35.4 Å². The molecule has 2 heterocycles. The van der Waals surface area contributed by atoms with E-state index in [0.717, 1.165) is 17.3 Å². The van der Waals surface area contributed by atoms with E-state index in [4.69, 9.17) is 27.3 Å². The Morgan fingerprint density at radius 3 is 2.84 bits per heavy atom. The van der Waals surface area contributed by atoms with Crippen molar-refractivity contribution >= 4 is 45.7 Å². The van der Waals surface area contributed by atoms with E-state index < -0.39 is 35.6 Å². The smallest absolute Gasteiger partial charge is 0.282 e. The number of benzene rings is 2. The monoisotopic (exact) mass is 481 g/mol. The van der Waals surface area contributed by atoms with E-state index in [1.165, 1.54) is 18.2 Å². The van der Waals surface area contributed by atoms with Crippen LogP contribution in [0, 0.1) is 5.82 Å². The summed E-state index contributed by atoms with van der Waals surface area (Å²) >= 11 is 12.5. The first-order valence-electron chi connectivity index (χ1n) is 10.9. The topological polar surface area (TPSA) is 67.2 Å². The second kappa shape index (κ2) is 8.18. The molecular formula is C22H18Cl2F2N4O2. The average molecular weight is 482 g/mol. The summed E-state index contributed by atoms with van der Waals surface area (Å²) in [6.07, 6.45) is 1.06. The molecule has 0 aliphatic carbocycles. The van der Waals surface area contributed by atoms with Crippen molar-refractivity contribution in [3.63, 3.8) is 0 Å². The third-order valence-electron chi connectivity index (χ3n) is 5.45. The number of fused-ring (bicyclic) bond motifs is 1. The maximum atomic E-state index is 15.1. The minimum atomic E-state index is -2.73. The van der Waals surface area contributed by atoms with Crippen molar-refractivity contribution in [3.8, 4) is 0 Å². The molecule has 0 unspecified atom stereocenters. The van der Waals surface area contributed by atoms with E-state index in [9.17, 15) is 14.0 Å². The maximum absolute atomic E-state index is 15.1. The van der Waals surface area contributed by atoms with Gasteiger partial charge in [-0.3, -0.25) is 9.59 Å². The average Bonchev–Trinajstić information content (AvgIpc) is 3.20. The largest absolute Gasteiger partial charge is 0.374 e. The number of hydrogen-bond donors (Lipinski definition) is 1. The number of carbonyl (C=O) groups excluding carboxylic acids is 1. The van der Waals surface area contributed by atoms with Crippen molar-refractivity contribution in [2.24, 2.45) is 6.98 Å². The summed E-state index contributed by atoms with van der Waals surface area (Å²) < 4.78 is 51.8. The van der Waals surface area contributed by atoms with Crippen molar-refractivity contribution < 1.29 is 17.7 Å². The molecule has 6 nitrogen and oxygen atoms in total. The van der Waals surface area contributed by atoms with Crippen LogP contribution in [0.5, 0.6) is 0 Å². The fourth-order valence-electron chi connectivity index (χ4n) is 3.97. The van der Waals surface area contributed by atoms with Gasteiger partial charge in [0.1, 0.15) is 5.82 Å². The molecule has 1 fully saturated rings. The lowest BCUT2D eigenvalue weighted by molar-refractivity contribution is -0.127. The first-order chi connectivity index (χ1) is 16.3. The third-order valence-corrected chi connectivity index (χ3v) is 6.26. The number of carbonyl (C=O) groups is 1. The highest BCUT2D eigenvalue weighted by atomic mass is 35.5. The van der Waals surface area contributed by atoms with Crippen molar-refractivity contribution in [1.29, 1.82) is 0 Å². The molecule has 166 valence electrons. The van der Waals surface area contributed by atoms with Crippen molar-refractivity contribution in [2.45, 2.75) is 12.0 Å². The van der Waals surface area contributed by atoms with Gasteiger partial charge in [-0.1, -0.05) is 29.8 Å². The second-order valence-corrected chi connectivity index (χ2v) is 8.24. The number of amides is 1. The van der Waals surface area contributed by atoms with Gasteiger partial charge in [-0.2, -0.15) is 0 Å². The molecule has 1 N–H and O–H groups in total. The quantitative estimate of drug-likeness (QED) is 0.442. The number of halogens is 4. The SMILES string of the molecule is [2H]C([2H])([2H])n1cnc2ccc(N[C@@]3(c4c(F)ccc(Cl)c4Cl)CCN(C(=O)C(=C)F)C3)cc2c1=O. The Morgan fingerprint density at radius 2 is 2.12 bits per heavy atom. The Bertz CT molecular complexity index is 1430. The van der Waals surface area contributed by atoms with Crippen LogP contribution >= 0.6 is 23.2 Å². The van der Waals surface area contributed by atoms with Crippen LogP contribution in [0.1, 0.15) is 16.1 Å². The van der Waals surface area contributed by atoms with E-state index in [0.29, 0.717) is 10.3 Å². The van der Waals surface area contributed by atoms with Crippen molar-refractivity contribution in [3.05, 3.63) is 80.8 Å². The normalized spacial score (nSPS) is 20.0. The highest BCUT2D eigenvalue weighted by Crippen LogP contribution is 2.43. The second-order valence-electron chi connectivity index (χ2n) is 7.46. The Balaban J connectivity index is 1.85. The van der Waals surface area contributed by atoms with Gasteiger partial charge in [-0.15, -0.1) is 0 Å². The molecule has 10 heteroatoms. The lowest BCUT2D eigenvalue weighted by Gasteiger charge is -2.33. The summed E-state index contributed by atoms with van der Waals surface area (Å²) in [5, 5.41) is 3.13. The summed E-state index contributed by atoms with van der Waals surface area (Å²) in [7, 11) is 0. The molecule has 0 saturated carbocycles. The van der Waals surface area contributed by atoms with Gasteiger partial charge in [0.15, 0.2) is 5.83 Å². The van der Waals surface area contributed by atoms with Crippen LogP contribution < -0.4 is 10.9 Å². The van der Waals surface area contributed by atoms with Gasteiger partial charge in [0.2, 0.25) is 0 Å². The van der Waals surface area contributed by atoms with E-state index in [1.54, 1.807) is 6.07 Å². The summed E-state index contributed by atoms with van der Waals surface area (Å²) in [5.74, 6) is -2.82. The van der Waals surface area contributed by atoms with E-state index in [2.05, 4.69) is 16.9 Å². The fraction of sp³-hybridized carbons (Fsp3) is 0.227. The van der Waals surface area contributed by atoms with Crippen molar-refractivity contribution in [2.75, 3.05) is 18.4 Å². The van der Waals surface area contributed by atoms with Crippen LogP contribution in [0.2, 0.25) is 10.0 Å². The molecule has 1 aromatic heterocycles. The number of hydrogen-bond acceptors (Lipinski definition) is 4. The summed E-state index contributed by atoms with van der Waals surface area (Å²) in [4.78, 5) is 30.3. The van der Waals surface area contributed by atoms with E-state index in [1.807, 2.05) is 0 Å². The third kappa shape index (κ3) is 3.73. The molecule has 1 saturated heterocycles. The minimum absolute atomic E-state index is 0.00417. The van der Waals surface area contributed by atoms with Crippen LogP contribution in [0.3, 0.4) is 0 Å². The van der Waals surface area contributed by atoms with Crippen LogP contribution in [0.15, 0.2) is 53.9 Å². The zero-order valence-electron chi connectivity index (χ0n) is 19.5. The van der Waals surface area contributed by atoms with Gasteiger partial charge in [0.05, 0.1) is 32.8 Å². The summed E-state index contributed by atoms with van der Waals surface area (Å²) in [6.45, 7) is 0.171. The zero-order chi connectivity index (χ0) is 25.7. The Kier molecular flexibility index (Phi) is 4.75. The first kappa shape index (κ1) is 18.6. The van der Waals surface area contributed by atoms with Crippen LogP contribution in [-0.2, 0) is 17.3 Å². The van der Waals surface area contributed by atoms with Crippen LogP contribution in [-0.4, -0.2) is 33.4 Å². The molecule has 0 spiro atoms. The Labute approximate surface area is 196 Å². The van der Waals surface area contributed by atoms with Gasteiger partial charge in [0.25, 0.3) is 11.5 Å². The zero-order valence-corrected chi connectivity index (χ0v) is 18.0. The van der Waals surface area contributed by atoms with Gasteiger partial charge >= 0.3 is 0 Å². The molecule has 1 aliphatic rings. The number of likely N-dealkylation sites (tertiary alicyclic amines) is 1. The maximum Gasteiger partial charge on any atom is 0.282 e. The molecule has 32 heavy (non-hydrogen) atoms. The number of aromatic nitrogens is 2. The number of anilines is 1.